The topological polar surface area (TPSA) is 0 Å². The van der Waals surface area contributed by atoms with E-state index in [4.69, 9.17) is 0 Å². The van der Waals surface area contributed by atoms with Crippen LogP contribution in [0.3, 0.4) is 0 Å². The Morgan fingerprint density at radius 3 is 1.86 bits per heavy atom. The van der Waals surface area contributed by atoms with Crippen LogP contribution in [0.15, 0.2) is 103 Å². The van der Waals surface area contributed by atoms with E-state index in [1.807, 2.05) is 12.2 Å². The molecule has 0 fully saturated rings. The van der Waals surface area contributed by atoms with Crippen LogP contribution in [0.1, 0.15) is 86.9 Å². The third-order valence-electron chi connectivity index (χ3n) is 7.51. The number of hydrogen-bond acceptors (Lipinski definition) is 0. The van der Waals surface area contributed by atoms with Gasteiger partial charge in [0.2, 0.25) is 0 Å². The van der Waals surface area contributed by atoms with Gasteiger partial charge < -0.3 is 24.8 Å². The molecule has 6 rings (SSSR count). The molecule has 0 unspecified atom stereocenters. The predicted octanol–water partition coefficient (Wildman–Crippen LogP) is 4.08. The van der Waals surface area contributed by atoms with Crippen LogP contribution in [-0.4, -0.2) is 3.21 Å². The van der Waals surface area contributed by atoms with Gasteiger partial charge in [-0.3, -0.25) is 6.08 Å². The normalized spacial score (nSPS) is 12.4. The van der Waals surface area contributed by atoms with Crippen molar-refractivity contribution in [2.24, 2.45) is 0 Å². The first-order valence-electron chi connectivity index (χ1n) is 14.5. The number of fused-ring (bicyclic) bond motifs is 3. The molecule has 2 aliphatic rings. The third kappa shape index (κ3) is 10.1. The van der Waals surface area contributed by atoms with E-state index in [9.17, 15) is 0 Å². The molecule has 222 valence electrons. The fourth-order valence-corrected chi connectivity index (χ4v) is 5.64. The minimum Gasteiger partial charge on any atom is -1.00 e. The zero-order valence-corrected chi connectivity index (χ0v) is 30.5. The number of allylic oxidation sites excluding steroid dienone is 4. The van der Waals surface area contributed by atoms with Gasteiger partial charge in [-0.1, -0.05) is 76.3 Å². The molecule has 0 radical (unpaired) electrons. The number of halogens is 2. The molecule has 0 bridgehead atoms. The van der Waals surface area contributed by atoms with Gasteiger partial charge in [0.1, 0.15) is 0 Å². The first-order chi connectivity index (χ1) is 19.4. The van der Waals surface area contributed by atoms with E-state index in [0.29, 0.717) is 0 Å². The average molecular weight is 685 g/mol. The Morgan fingerprint density at radius 1 is 0.721 bits per heavy atom. The zero-order valence-electron chi connectivity index (χ0n) is 26.5. The summed E-state index contributed by atoms with van der Waals surface area (Å²) < 4.78 is 1.42. The fourth-order valence-electron chi connectivity index (χ4n) is 4.82. The van der Waals surface area contributed by atoms with E-state index < -0.39 is 0 Å². The maximum Gasteiger partial charge on any atom is -0.109 e. The molecular weight excluding hydrogens is 643 g/mol. The molecule has 0 amide bonds. The van der Waals surface area contributed by atoms with Crippen LogP contribution < -0.4 is 24.8 Å². The molecule has 4 aromatic rings. The van der Waals surface area contributed by atoms with E-state index in [1.165, 1.54) is 77.5 Å². The second kappa shape index (κ2) is 16.1. The summed E-state index contributed by atoms with van der Waals surface area (Å²) in [5.41, 5.74) is 12.7. The summed E-state index contributed by atoms with van der Waals surface area (Å²) in [4.78, 5) is 0. The maximum atomic E-state index is 3.53. The van der Waals surface area contributed by atoms with Gasteiger partial charge in [0.25, 0.3) is 0 Å². The monoisotopic (exact) mass is 682 g/mol. The predicted molar refractivity (Wildman–Crippen MR) is 173 cm³/mol. The van der Waals surface area contributed by atoms with Gasteiger partial charge >= 0.3 is 106 Å². The molecule has 0 atom stereocenters. The Morgan fingerprint density at radius 2 is 1.33 bits per heavy atom. The van der Waals surface area contributed by atoms with Crippen molar-refractivity contribution >= 4 is 3.21 Å². The smallest absolute Gasteiger partial charge is 0.109 e. The molecule has 0 spiro atoms. The van der Waals surface area contributed by atoms with Gasteiger partial charge in [0, 0.05) is 0 Å². The van der Waals surface area contributed by atoms with E-state index >= 15 is 0 Å². The molecule has 3 heteroatoms. The Balaban J connectivity index is 0.000000256. The summed E-state index contributed by atoms with van der Waals surface area (Å²) in [6.45, 7) is 15.8. The van der Waals surface area contributed by atoms with E-state index in [0.717, 1.165) is 12.8 Å². The molecule has 0 nitrogen and oxygen atoms in total. The van der Waals surface area contributed by atoms with Crippen molar-refractivity contribution in [1.29, 1.82) is 0 Å². The van der Waals surface area contributed by atoms with Crippen molar-refractivity contribution < 1.29 is 49.0 Å². The number of rotatable bonds is 2. The molecular formula is C40H42Cl2Zr-2. The molecule has 0 N–H and O–H groups in total. The minimum atomic E-state index is 0. The van der Waals surface area contributed by atoms with Gasteiger partial charge in [0.15, 0.2) is 0 Å². The Labute approximate surface area is 287 Å². The Hall–Kier alpha value is -2.31. The summed E-state index contributed by atoms with van der Waals surface area (Å²) in [5.74, 6) is 0. The minimum absolute atomic E-state index is 0. The molecule has 0 aliphatic heterocycles. The Kier molecular flexibility index (Phi) is 13.8. The van der Waals surface area contributed by atoms with Crippen molar-refractivity contribution in [3.8, 4) is 11.1 Å². The van der Waals surface area contributed by atoms with Crippen molar-refractivity contribution in [3.63, 3.8) is 0 Å². The molecule has 43 heavy (non-hydrogen) atoms. The molecule has 0 heterocycles. The maximum absolute atomic E-state index is 3.53. The van der Waals surface area contributed by atoms with Crippen LogP contribution in [0.5, 0.6) is 0 Å². The number of aryl methyl sites for hydroxylation is 1. The van der Waals surface area contributed by atoms with Crippen LogP contribution in [0.2, 0.25) is 0 Å². The molecule has 0 aromatic heterocycles. The number of benzene rings is 4. The van der Waals surface area contributed by atoms with Gasteiger partial charge in [-0.05, 0) is 17.4 Å². The summed E-state index contributed by atoms with van der Waals surface area (Å²) in [5, 5.41) is 0. The van der Waals surface area contributed by atoms with Gasteiger partial charge in [0.05, 0.1) is 0 Å². The fraction of sp³-hybridized carbons (Fsp3) is 0.275. The Bertz CT molecular complexity index is 1480. The van der Waals surface area contributed by atoms with Crippen LogP contribution in [-0.2, 0) is 41.5 Å². The van der Waals surface area contributed by atoms with Crippen molar-refractivity contribution in [1.82, 2.24) is 0 Å². The van der Waals surface area contributed by atoms with Crippen molar-refractivity contribution in [2.75, 3.05) is 0 Å². The molecule has 0 saturated heterocycles. The first-order valence-corrected chi connectivity index (χ1v) is 15.8. The summed E-state index contributed by atoms with van der Waals surface area (Å²) in [6.07, 6.45) is 11.0. The largest absolute Gasteiger partial charge is 1.00 e. The standard InChI is InChI=1S/C21H25.C14H12.C5H5.2ClH.Zr/c1-20(2,3)16-9-7-14-11-15-8-10-17(21(4,5)6)13-19(15)18(14)12-16;1-12-7-9-14(10-8-12)11-13-5-3-2-4-6-13;1-2-4-5-3-1;;;/h7,9-10,12-13H,11H2,1-6H3;2-10H,1H3;1-3H,4H2;2*1H;/q-1;;-1;;;+2/p-2. The van der Waals surface area contributed by atoms with Gasteiger partial charge in [-0.25, -0.2) is 12.2 Å². The third-order valence-corrected chi connectivity index (χ3v) is 8.93. The average Bonchev–Trinajstić information content (AvgIpc) is 3.64. The van der Waals surface area contributed by atoms with Gasteiger partial charge in [-0.2, -0.15) is 35.4 Å². The van der Waals surface area contributed by atoms with Crippen LogP contribution in [0.25, 0.3) is 11.1 Å². The number of hydrogen-bond donors (Lipinski definition) is 0. The summed E-state index contributed by atoms with van der Waals surface area (Å²) in [6, 6.07) is 34.4. The molecule has 4 aromatic carbocycles. The van der Waals surface area contributed by atoms with Crippen LogP contribution in [0.4, 0.5) is 0 Å². The first kappa shape index (κ1) is 36.9. The second-order valence-corrected chi connectivity index (χ2v) is 14.2. The zero-order chi connectivity index (χ0) is 29.6. The summed E-state index contributed by atoms with van der Waals surface area (Å²) in [7, 11) is 0. The van der Waals surface area contributed by atoms with Crippen LogP contribution in [0, 0.1) is 19.1 Å². The van der Waals surface area contributed by atoms with E-state index in [-0.39, 0.29) is 35.6 Å². The quantitative estimate of drug-likeness (QED) is 0.246. The van der Waals surface area contributed by atoms with E-state index in [2.05, 4.69) is 152 Å². The van der Waals surface area contributed by atoms with Crippen molar-refractivity contribution in [3.05, 3.63) is 154 Å². The van der Waals surface area contributed by atoms with Crippen molar-refractivity contribution in [2.45, 2.75) is 72.1 Å². The van der Waals surface area contributed by atoms with Crippen LogP contribution >= 0.6 is 0 Å². The molecule has 0 saturated carbocycles. The van der Waals surface area contributed by atoms with Gasteiger partial charge in [-0.15, -0.1) is 12.0 Å². The van der Waals surface area contributed by atoms with E-state index in [1.54, 1.807) is 0 Å². The second-order valence-electron chi connectivity index (χ2n) is 12.9. The summed E-state index contributed by atoms with van der Waals surface area (Å²) >= 11 is 1.46. The SMILES string of the molecule is CC(C)(C)c1c[c-]c2c(c1)-c1cc(C(C)(C)C)ccc1C2.Cc1ccc([C](=[Zr+2])c2ccccc2)cc1.[C-]1=CC=CC1.[Cl-].[Cl-]. The molecule has 2 aliphatic carbocycles.